The van der Waals surface area contributed by atoms with E-state index >= 15 is 0 Å². The molecule has 1 aliphatic rings. The van der Waals surface area contributed by atoms with Gasteiger partial charge in [0.1, 0.15) is 11.4 Å². The van der Waals surface area contributed by atoms with Gasteiger partial charge in [0.2, 0.25) is 5.91 Å². The Morgan fingerprint density at radius 1 is 1.36 bits per heavy atom. The lowest BCUT2D eigenvalue weighted by atomic mass is 10.0. The molecule has 0 spiro atoms. The number of nitrogens with zero attached hydrogens (tertiary/aromatic N) is 5. The van der Waals surface area contributed by atoms with E-state index < -0.39 is 12.2 Å². The van der Waals surface area contributed by atoms with E-state index in [4.69, 9.17) is 9.47 Å². The van der Waals surface area contributed by atoms with E-state index in [9.17, 15) is 14.7 Å². The van der Waals surface area contributed by atoms with Crippen LogP contribution in [0.15, 0.2) is 36.5 Å². The topological polar surface area (TPSA) is 110 Å². The molecule has 0 saturated heterocycles. The summed E-state index contributed by atoms with van der Waals surface area (Å²) in [6.07, 6.45) is 1.89. The van der Waals surface area contributed by atoms with E-state index in [0.717, 1.165) is 0 Å². The molecule has 2 aromatic rings. The van der Waals surface area contributed by atoms with Gasteiger partial charge in [-0.15, -0.1) is 5.10 Å². The maximum Gasteiger partial charge on any atom is 0.415 e. The summed E-state index contributed by atoms with van der Waals surface area (Å²) in [5, 5.41) is 17.9. The molecular weight excluding hydrogens is 426 g/mol. The van der Waals surface area contributed by atoms with Crippen LogP contribution in [0.25, 0.3) is 0 Å². The molecule has 3 atom stereocenters. The fourth-order valence-electron chi connectivity index (χ4n) is 3.70. The third-order valence-electron chi connectivity index (χ3n) is 5.76. The molecule has 180 valence electrons. The predicted molar refractivity (Wildman–Crippen MR) is 120 cm³/mol. The number of likely N-dealkylation sites (N-methyl/N-ethyl adjacent to an activating group) is 1. The van der Waals surface area contributed by atoms with Crippen LogP contribution in [-0.4, -0.2) is 80.8 Å². The van der Waals surface area contributed by atoms with Crippen LogP contribution in [0.2, 0.25) is 0 Å². The van der Waals surface area contributed by atoms with Gasteiger partial charge in [0, 0.05) is 32.5 Å². The van der Waals surface area contributed by atoms with Crippen LogP contribution in [0.4, 0.5) is 4.79 Å². The highest BCUT2D eigenvalue weighted by Gasteiger charge is 2.29. The number of fused-ring (bicyclic) bond motifs is 2. The van der Waals surface area contributed by atoms with E-state index in [0.29, 0.717) is 37.4 Å². The second kappa shape index (κ2) is 11.8. The van der Waals surface area contributed by atoms with Gasteiger partial charge >= 0.3 is 6.09 Å². The zero-order chi connectivity index (χ0) is 23.8. The number of carbonyl (C=O) groups is 2. The molecule has 0 unspecified atom stereocenters. The average molecular weight is 460 g/mol. The maximum atomic E-state index is 12.9. The van der Waals surface area contributed by atoms with E-state index in [1.165, 1.54) is 4.90 Å². The molecule has 2 amide bonds. The summed E-state index contributed by atoms with van der Waals surface area (Å²) < 4.78 is 13.3. The largest absolute Gasteiger partial charge is 0.415 e. The SMILES string of the molecule is C[C@H](CO)N1C[C@H](C)[C@H](CN(C)C(=O)Oc2ccccc2)OCc2cn(nn2)CCCC1=O. The van der Waals surface area contributed by atoms with Gasteiger partial charge in [-0.3, -0.25) is 9.48 Å². The zero-order valence-corrected chi connectivity index (χ0v) is 19.5. The predicted octanol–water partition coefficient (Wildman–Crippen LogP) is 1.93. The first-order valence-corrected chi connectivity index (χ1v) is 11.3. The number of aryl methyl sites for hydroxylation is 1. The molecule has 2 heterocycles. The van der Waals surface area contributed by atoms with Crippen molar-refractivity contribution in [3.63, 3.8) is 0 Å². The molecule has 2 bridgehead atoms. The summed E-state index contributed by atoms with van der Waals surface area (Å²) in [4.78, 5) is 28.7. The summed E-state index contributed by atoms with van der Waals surface area (Å²) in [6, 6.07) is 8.55. The summed E-state index contributed by atoms with van der Waals surface area (Å²) in [5.41, 5.74) is 0.688. The van der Waals surface area contributed by atoms with Crippen LogP contribution in [0, 0.1) is 5.92 Å². The standard InChI is InChI=1S/C23H33N5O5/c1-17-12-28(18(2)15-29)22(30)10-7-11-27-13-19(24-25-27)16-32-21(17)14-26(3)23(31)33-20-8-5-4-6-9-20/h4-6,8-9,13,17-18,21,29H,7,10-12,14-16H2,1-3H3/t17-,18+,21-/m0/s1. The first-order valence-electron chi connectivity index (χ1n) is 11.3. The number of aliphatic hydroxyl groups excluding tert-OH is 1. The number of ether oxygens (including phenoxy) is 2. The van der Waals surface area contributed by atoms with Gasteiger partial charge in [0.25, 0.3) is 0 Å². The Morgan fingerprint density at radius 3 is 2.85 bits per heavy atom. The van der Waals surface area contributed by atoms with Crippen molar-refractivity contribution in [2.24, 2.45) is 5.92 Å². The number of para-hydroxylation sites is 1. The second-order valence-corrected chi connectivity index (χ2v) is 8.54. The van der Waals surface area contributed by atoms with Crippen molar-refractivity contribution in [3.05, 3.63) is 42.2 Å². The minimum Gasteiger partial charge on any atom is -0.410 e. The van der Waals surface area contributed by atoms with E-state index in [2.05, 4.69) is 10.3 Å². The minimum atomic E-state index is -0.498. The van der Waals surface area contributed by atoms with Crippen LogP contribution in [0.5, 0.6) is 5.75 Å². The highest BCUT2D eigenvalue weighted by atomic mass is 16.6. The molecule has 10 nitrogen and oxygen atoms in total. The van der Waals surface area contributed by atoms with Gasteiger partial charge in [-0.2, -0.15) is 0 Å². The Kier molecular flexibility index (Phi) is 8.79. The first kappa shape index (κ1) is 24.7. The van der Waals surface area contributed by atoms with Crippen LogP contribution < -0.4 is 4.74 Å². The lowest BCUT2D eigenvalue weighted by Crippen LogP contribution is -2.48. The zero-order valence-electron chi connectivity index (χ0n) is 19.5. The quantitative estimate of drug-likeness (QED) is 0.727. The third-order valence-corrected chi connectivity index (χ3v) is 5.76. The van der Waals surface area contributed by atoms with Crippen LogP contribution >= 0.6 is 0 Å². The van der Waals surface area contributed by atoms with Gasteiger partial charge < -0.3 is 24.4 Å². The molecule has 10 heteroatoms. The Hall–Kier alpha value is -2.98. The fraction of sp³-hybridized carbons (Fsp3) is 0.565. The molecule has 0 fully saturated rings. The molecule has 0 saturated carbocycles. The van der Waals surface area contributed by atoms with Gasteiger partial charge in [-0.05, 0) is 25.5 Å². The normalized spacial score (nSPS) is 20.8. The van der Waals surface area contributed by atoms with Crippen LogP contribution in [-0.2, 0) is 22.7 Å². The van der Waals surface area contributed by atoms with Gasteiger partial charge in [-0.25, -0.2) is 4.79 Å². The summed E-state index contributed by atoms with van der Waals surface area (Å²) in [7, 11) is 1.65. The van der Waals surface area contributed by atoms with Crippen molar-refractivity contribution in [2.75, 3.05) is 26.7 Å². The summed E-state index contributed by atoms with van der Waals surface area (Å²) >= 11 is 0. The fourth-order valence-corrected chi connectivity index (χ4v) is 3.70. The van der Waals surface area contributed by atoms with Gasteiger partial charge in [0.15, 0.2) is 0 Å². The summed E-state index contributed by atoms with van der Waals surface area (Å²) in [5.74, 6) is 0.313. The molecule has 1 N–H and O–H groups in total. The van der Waals surface area contributed by atoms with Crippen molar-refractivity contribution in [1.82, 2.24) is 24.8 Å². The van der Waals surface area contributed by atoms with E-state index in [1.54, 1.807) is 40.9 Å². The lowest BCUT2D eigenvalue weighted by molar-refractivity contribution is -0.136. The average Bonchev–Trinajstić information content (AvgIpc) is 3.27. The van der Waals surface area contributed by atoms with Crippen molar-refractivity contribution < 1.29 is 24.2 Å². The molecule has 33 heavy (non-hydrogen) atoms. The Balaban J connectivity index is 1.75. The van der Waals surface area contributed by atoms with Crippen LogP contribution in [0.3, 0.4) is 0 Å². The smallest absolute Gasteiger partial charge is 0.410 e. The third kappa shape index (κ3) is 7.00. The number of hydrogen-bond acceptors (Lipinski definition) is 7. The van der Waals surface area contributed by atoms with Crippen molar-refractivity contribution in [1.29, 1.82) is 0 Å². The minimum absolute atomic E-state index is 0.0291. The van der Waals surface area contributed by atoms with Gasteiger partial charge in [-0.1, -0.05) is 30.3 Å². The lowest BCUT2D eigenvalue weighted by Gasteiger charge is -2.35. The highest BCUT2D eigenvalue weighted by Crippen LogP contribution is 2.18. The van der Waals surface area contributed by atoms with E-state index in [1.807, 2.05) is 26.1 Å². The molecular formula is C23H33N5O5. The Bertz CT molecular complexity index is 906. The highest BCUT2D eigenvalue weighted by molar-refractivity contribution is 5.76. The number of aromatic nitrogens is 3. The number of rotatable bonds is 5. The number of amides is 2. The monoisotopic (exact) mass is 459 g/mol. The molecule has 1 aliphatic heterocycles. The number of hydrogen-bond donors (Lipinski definition) is 1. The molecule has 1 aromatic carbocycles. The second-order valence-electron chi connectivity index (χ2n) is 8.54. The molecule has 3 rings (SSSR count). The van der Waals surface area contributed by atoms with Crippen molar-refractivity contribution in [3.8, 4) is 5.75 Å². The van der Waals surface area contributed by atoms with Crippen molar-refractivity contribution >= 4 is 12.0 Å². The Labute approximate surface area is 194 Å². The molecule has 1 aromatic heterocycles. The summed E-state index contributed by atoms with van der Waals surface area (Å²) in [6.45, 7) is 5.15. The Morgan fingerprint density at radius 2 is 2.12 bits per heavy atom. The van der Waals surface area contributed by atoms with E-state index in [-0.39, 0.29) is 37.6 Å². The number of carbonyl (C=O) groups excluding carboxylic acids is 2. The van der Waals surface area contributed by atoms with Crippen molar-refractivity contribution in [2.45, 2.75) is 52.0 Å². The molecule has 0 aliphatic carbocycles. The van der Waals surface area contributed by atoms with Crippen LogP contribution in [0.1, 0.15) is 32.4 Å². The molecule has 0 radical (unpaired) electrons. The number of aliphatic hydroxyl groups is 1. The maximum absolute atomic E-state index is 12.9. The number of benzene rings is 1. The first-order chi connectivity index (χ1) is 15.9. The van der Waals surface area contributed by atoms with Gasteiger partial charge in [0.05, 0.1) is 38.1 Å².